The van der Waals surface area contributed by atoms with Gasteiger partial charge in [-0.15, -0.1) is 0 Å². The molecule has 0 aliphatic heterocycles. The average molecular weight is 829 g/mol. The zero-order chi connectivity index (χ0) is 43.1. The molecule has 6 aromatic rings. The van der Waals surface area contributed by atoms with Gasteiger partial charge in [0.25, 0.3) is 0 Å². The molecule has 2 heterocycles. The lowest BCUT2D eigenvalue weighted by molar-refractivity contribution is -0.646. The second-order valence-electron chi connectivity index (χ2n) is 16.6. The van der Waals surface area contributed by atoms with Gasteiger partial charge in [-0.1, -0.05) is 12.1 Å². The summed E-state index contributed by atoms with van der Waals surface area (Å²) >= 11 is 0. The number of unbranched alkanes of at least 4 members (excludes halogenated alkanes) is 4. The number of anilines is 2. The van der Waals surface area contributed by atoms with Crippen LogP contribution in [-0.2, 0) is 40.5 Å². The number of hydrogen-bond acceptors (Lipinski definition) is 7. The van der Waals surface area contributed by atoms with Gasteiger partial charge in [-0.2, -0.15) is 9.13 Å². The molecule has 11 nitrogen and oxygen atoms in total. The molecule has 0 atom stereocenters. The smallest absolute Gasteiger partial charge is 0.220 e. The molecule has 11 heteroatoms. The highest BCUT2D eigenvalue weighted by atomic mass is 16.5. The third kappa shape index (κ3) is 12.4. The second-order valence-corrected chi connectivity index (χ2v) is 16.6. The van der Waals surface area contributed by atoms with Crippen molar-refractivity contribution < 1.29 is 23.5 Å². The number of amides is 2. The molecule has 0 fully saturated rings. The molecule has 0 radical (unpaired) electrons. The van der Waals surface area contributed by atoms with E-state index in [-0.39, 0.29) is 11.8 Å². The van der Waals surface area contributed by atoms with Gasteiger partial charge in [0.05, 0.1) is 13.2 Å². The van der Waals surface area contributed by atoms with Crippen molar-refractivity contribution in [3.8, 4) is 0 Å². The minimum atomic E-state index is 0.0514. The lowest BCUT2D eigenvalue weighted by Gasteiger charge is -2.15. The summed E-state index contributed by atoms with van der Waals surface area (Å²) < 4.78 is 10.6. The number of aryl methyl sites for hydroxylation is 2. The summed E-state index contributed by atoms with van der Waals surface area (Å²) in [4.78, 5) is 29.4. The van der Waals surface area contributed by atoms with Crippen LogP contribution in [0.2, 0.25) is 0 Å². The number of carbonyl (C=O) groups is 2. The van der Waals surface area contributed by atoms with Gasteiger partial charge in [0, 0.05) is 137 Å². The lowest BCUT2D eigenvalue weighted by atomic mass is 10.0. The van der Waals surface area contributed by atoms with Crippen molar-refractivity contribution in [2.75, 3.05) is 78.4 Å². The van der Waals surface area contributed by atoms with E-state index in [2.05, 4.69) is 153 Å². The number of fused-ring (bicyclic) bond motifs is 4. The summed E-state index contributed by atoms with van der Waals surface area (Å²) in [5.74, 6) is 0.104. The molecule has 0 unspecified atom stereocenters. The maximum absolute atomic E-state index is 12.6. The fourth-order valence-electron chi connectivity index (χ4n) is 8.20. The topological polar surface area (TPSA) is 106 Å². The minimum Gasteiger partial charge on any atom is -0.378 e. The van der Waals surface area contributed by atoms with Crippen LogP contribution in [-0.4, -0.2) is 80.4 Å². The van der Waals surface area contributed by atoms with Gasteiger partial charge in [0.2, 0.25) is 33.9 Å². The number of aromatic nitrogens is 2. The molecule has 0 spiro atoms. The normalized spacial score (nSPS) is 11.5. The fourth-order valence-corrected chi connectivity index (χ4v) is 8.20. The van der Waals surface area contributed by atoms with Crippen molar-refractivity contribution >= 4 is 66.8 Å². The average Bonchev–Trinajstić information content (AvgIpc) is 3.25. The van der Waals surface area contributed by atoms with Crippen LogP contribution in [0.25, 0.3) is 43.6 Å². The van der Waals surface area contributed by atoms with Crippen LogP contribution in [0.4, 0.5) is 11.4 Å². The zero-order valence-electron chi connectivity index (χ0n) is 37.4. The van der Waals surface area contributed by atoms with E-state index >= 15 is 0 Å². The Balaban J connectivity index is 0.856. The third-order valence-electron chi connectivity index (χ3n) is 11.5. The molecule has 324 valence electrons. The Morgan fingerprint density at radius 1 is 0.508 bits per heavy atom. The molecule has 0 aliphatic carbocycles. The highest BCUT2D eigenvalue weighted by Crippen LogP contribution is 2.26. The van der Waals surface area contributed by atoms with E-state index in [1.807, 2.05) is 14.1 Å². The molecular formula is C50H68N8O3+2. The van der Waals surface area contributed by atoms with Gasteiger partial charge in [0.15, 0.2) is 0 Å². The van der Waals surface area contributed by atoms with Crippen LogP contribution in [0.5, 0.6) is 0 Å². The molecule has 61 heavy (non-hydrogen) atoms. The van der Waals surface area contributed by atoms with E-state index < -0.39 is 0 Å². The monoisotopic (exact) mass is 829 g/mol. The number of hydrogen-bond donors (Lipinski definition) is 4. The molecular weight excluding hydrogens is 761 g/mol. The predicted molar refractivity (Wildman–Crippen MR) is 251 cm³/mol. The van der Waals surface area contributed by atoms with Crippen LogP contribution < -0.4 is 40.2 Å². The predicted octanol–water partition coefficient (Wildman–Crippen LogP) is 6.52. The van der Waals surface area contributed by atoms with Crippen LogP contribution in [0, 0.1) is 0 Å². The maximum Gasteiger partial charge on any atom is 0.220 e. The summed E-state index contributed by atoms with van der Waals surface area (Å²) in [6, 6.07) is 31.3. The van der Waals surface area contributed by atoms with Crippen molar-refractivity contribution in [1.29, 1.82) is 0 Å². The number of carbonyl (C=O) groups excluding carboxylic acids is 2. The summed E-state index contributed by atoms with van der Waals surface area (Å²) in [6.45, 7) is 5.20. The number of nitrogens with zero attached hydrogens (tertiary/aromatic N) is 4. The zero-order valence-corrected chi connectivity index (χ0v) is 37.4. The molecule has 6 rings (SSSR count). The first-order valence-electron chi connectivity index (χ1n) is 22.2. The first kappa shape index (κ1) is 45.2. The SMILES string of the molecule is CNCc1ccc2cc3ccc(CNC)cc3[n+](CCCCCC(=O)NCCOCCNC(=O)CCCCC[n+]3c4cc(N(C)C)ccc4cc4ccc(N(C)C)cc43)c2c1. The maximum atomic E-state index is 12.6. The molecule has 0 bridgehead atoms. The number of pyridine rings is 2. The highest BCUT2D eigenvalue weighted by Gasteiger charge is 2.19. The fraction of sp³-hybridized carbons (Fsp3) is 0.440. The standard InChI is InChI=1S/C50H66N8O3/c1-51-35-37-15-17-39-31-40-18-16-38(36-52-2)30-46(40)57(45(39)29-37)25-11-7-9-13-49(59)53-23-27-61-28-24-54-50(60)14-10-8-12-26-58-47-33-43(55(3)4)21-19-41(47)32-42-20-22-44(56(5)6)34-48(42)58/h15-22,29-34,51-52H,7-14,23-28,35-36H2,1-6H3/p+2. The molecule has 2 aromatic heterocycles. The Bertz CT molecular complexity index is 2280. The second kappa shape index (κ2) is 22.5. The first-order chi connectivity index (χ1) is 29.6. The van der Waals surface area contributed by atoms with Crippen molar-refractivity contribution in [2.45, 2.75) is 77.5 Å². The third-order valence-corrected chi connectivity index (χ3v) is 11.5. The Labute approximate surface area is 362 Å². The van der Waals surface area contributed by atoms with Crippen LogP contribution >= 0.6 is 0 Å². The Morgan fingerprint density at radius 2 is 0.902 bits per heavy atom. The van der Waals surface area contributed by atoms with Gasteiger partial charge < -0.3 is 35.8 Å². The lowest BCUT2D eigenvalue weighted by Crippen LogP contribution is -2.36. The van der Waals surface area contributed by atoms with Crippen molar-refractivity contribution in [3.05, 3.63) is 96.1 Å². The Morgan fingerprint density at radius 3 is 1.30 bits per heavy atom. The first-order valence-corrected chi connectivity index (χ1v) is 22.2. The number of nitrogens with one attached hydrogen (secondary N) is 4. The van der Waals surface area contributed by atoms with Crippen molar-refractivity contribution in [2.24, 2.45) is 0 Å². The highest BCUT2D eigenvalue weighted by molar-refractivity contribution is 5.92. The van der Waals surface area contributed by atoms with Crippen LogP contribution in [0.3, 0.4) is 0 Å². The van der Waals surface area contributed by atoms with Gasteiger partial charge in [-0.05, 0) is 99.4 Å². The number of ether oxygens (including phenoxy) is 1. The summed E-state index contributed by atoms with van der Waals surface area (Å²) in [7, 11) is 12.3. The molecule has 0 saturated heterocycles. The van der Waals surface area contributed by atoms with Gasteiger partial charge in [-0.25, -0.2) is 0 Å². The van der Waals surface area contributed by atoms with Crippen LogP contribution in [0.15, 0.2) is 84.9 Å². The molecule has 4 N–H and O–H groups in total. The quantitative estimate of drug-likeness (QED) is 0.0313. The number of rotatable bonds is 24. The number of benzene rings is 4. The van der Waals surface area contributed by atoms with Gasteiger partial charge >= 0.3 is 0 Å². The Kier molecular flexibility index (Phi) is 16.6. The van der Waals surface area contributed by atoms with Crippen molar-refractivity contribution in [3.63, 3.8) is 0 Å². The summed E-state index contributed by atoms with van der Waals surface area (Å²) in [5, 5.41) is 17.5. The Hall–Kier alpha value is -5.36. The van der Waals surface area contributed by atoms with E-state index in [0.29, 0.717) is 39.1 Å². The summed E-state index contributed by atoms with van der Waals surface area (Å²) in [5.41, 5.74) is 9.82. The van der Waals surface area contributed by atoms with Crippen molar-refractivity contribution in [1.82, 2.24) is 21.3 Å². The molecule has 0 aliphatic rings. The van der Waals surface area contributed by atoms with Crippen LogP contribution in [0.1, 0.15) is 62.5 Å². The minimum absolute atomic E-state index is 0.0514. The molecule has 0 saturated carbocycles. The molecule has 4 aromatic carbocycles. The van der Waals surface area contributed by atoms with Gasteiger partial charge in [-0.3, -0.25) is 9.59 Å². The van der Waals surface area contributed by atoms with Gasteiger partial charge in [0.1, 0.15) is 13.1 Å². The molecule has 2 amide bonds. The summed E-state index contributed by atoms with van der Waals surface area (Å²) in [6.07, 6.45) is 6.58. The van der Waals surface area contributed by atoms with E-state index in [1.54, 1.807) is 0 Å². The van der Waals surface area contributed by atoms with E-state index in [9.17, 15) is 9.59 Å². The van der Waals surface area contributed by atoms with E-state index in [4.69, 9.17) is 4.74 Å². The largest absolute Gasteiger partial charge is 0.378 e. The van der Waals surface area contributed by atoms with E-state index in [1.165, 1.54) is 66.1 Å². The van der Waals surface area contributed by atoms with E-state index in [0.717, 1.165) is 64.7 Å².